The number of thioether (sulfide) groups is 1. The van der Waals surface area contributed by atoms with Crippen molar-refractivity contribution >= 4 is 17.7 Å². The average molecular weight is 288 g/mol. The highest BCUT2D eigenvalue weighted by atomic mass is 32.2. The van der Waals surface area contributed by atoms with Gasteiger partial charge in [0.2, 0.25) is 5.91 Å². The van der Waals surface area contributed by atoms with Gasteiger partial charge in [-0.1, -0.05) is 23.4 Å². The molecule has 0 unspecified atom stereocenters. The van der Waals surface area contributed by atoms with E-state index < -0.39 is 0 Å². The quantitative estimate of drug-likeness (QED) is 0.847. The van der Waals surface area contributed by atoms with E-state index in [1.807, 2.05) is 18.3 Å². The molecule has 6 heteroatoms. The summed E-state index contributed by atoms with van der Waals surface area (Å²) in [6, 6.07) is 8.22. The number of hydrogen-bond acceptors (Lipinski definition) is 4. The predicted molar refractivity (Wildman–Crippen MR) is 77.4 cm³/mol. The SMILES string of the molecule is O=C(NCCCn1ccnn1)[C@H]1Cc2ccccc2S1. The van der Waals surface area contributed by atoms with Crippen LogP contribution in [0.3, 0.4) is 0 Å². The largest absolute Gasteiger partial charge is 0.355 e. The Labute approximate surface area is 121 Å². The molecule has 1 amide bonds. The molecule has 1 aromatic carbocycles. The number of carbonyl (C=O) groups is 1. The topological polar surface area (TPSA) is 59.8 Å². The Hall–Kier alpha value is -1.82. The van der Waals surface area contributed by atoms with E-state index in [0.29, 0.717) is 6.54 Å². The van der Waals surface area contributed by atoms with Crippen molar-refractivity contribution in [2.75, 3.05) is 6.54 Å². The molecule has 104 valence electrons. The molecule has 2 heterocycles. The van der Waals surface area contributed by atoms with Crippen LogP contribution in [0.4, 0.5) is 0 Å². The Morgan fingerprint density at radius 2 is 2.35 bits per heavy atom. The molecular weight excluding hydrogens is 272 g/mol. The lowest BCUT2D eigenvalue weighted by atomic mass is 10.1. The highest BCUT2D eigenvalue weighted by Gasteiger charge is 2.27. The van der Waals surface area contributed by atoms with Gasteiger partial charge in [0.15, 0.2) is 0 Å². The number of hydrogen-bond donors (Lipinski definition) is 1. The van der Waals surface area contributed by atoms with Crippen LogP contribution < -0.4 is 5.32 Å². The van der Waals surface area contributed by atoms with Crippen LogP contribution in [0.25, 0.3) is 0 Å². The van der Waals surface area contributed by atoms with Crippen molar-refractivity contribution in [1.29, 1.82) is 0 Å². The summed E-state index contributed by atoms with van der Waals surface area (Å²) < 4.78 is 1.77. The van der Waals surface area contributed by atoms with E-state index in [0.717, 1.165) is 19.4 Å². The minimum atomic E-state index is 0.0128. The first kappa shape index (κ1) is 13.2. The van der Waals surface area contributed by atoms with E-state index >= 15 is 0 Å². The average Bonchev–Trinajstić information content (AvgIpc) is 3.12. The van der Waals surface area contributed by atoms with Crippen LogP contribution in [0, 0.1) is 0 Å². The first-order chi connectivity index (χ1) is 9.83. The number of benzene rings is 1. The van der Waals surface area contributed by atoms with Crippen molar-refractivity contribution in [1.82, 2.24) is 20.3 Å². The van der Waals surface area contributed by atoms with Gasteiger partial charge in [0, 0.05) is 24.2 Å². The van der Waals surface area contributed by atoms with Gasteiger partial charge in [0.05, 0.1) is 11.4 Å². The number of fused-ring (bicyclic) bond motifs is 1. The summed E-state index contributed by atoms with van der Waals surface area (Å²) in [5.41, 5.74) is 1.28. The highest BCUT2D eigenvalue weighted by molar-refractivity contribution is 8.01. The third-order valence-corrected chi connectivity index (χ3v) is 4.59. The summed E-state index contributed by atoms with van der Waals surface area (Å²) in [6.45, 7) is 1.45. The normalized spacial score (nSPS) is 16.9. The maximum absolute atomic E-state index is 12.1. The molecule has 0 bridgehead atoms. The van der Waals surface area contributed by atoms with E-state index in [-0.39, 0.29) is 11.2 Å². The molecular formula is C14H16N4OS. The molecule has 1 atom stereocenters. The summed E-state index contributed by atoms with van der Waals surface area (Å²) in [5.74, 6) is 0.129. The van der Waals surface area contributed by atoms with E-state index in [9.17, 15) is 4.79 Å². The minimum absolute atomic E-state index is 0.0128. The maximum Gasteiger partial charge on any atom is 0.233 e. The second-order valence-corrected chi connectivity index (χ2v) is 5.97. The van der Waals surface area contributed by atoms with Gasteiger partial charge in [0.1, 0.15) is 0 Å². The lowest BCUT2D eigenvalue weighted by Gasteiger charge is -2.09. The van der Waals surface area contributed by atoms with Gasteiger partial charge in [-0.05, 0) is 24.5 Å². The Kier molecular flexibility index (Phi) is 4.01. The van der Waals surface area contributed by atoms with Crippen molar-refractivity contribution in [3.05, 3.63) is 42.2 Å². The molecule has 0 saturated heterocycles. The van der Waals surface area contributed by atoms with Crippen LogP contribution in [0.15, 0.2) is 41.6 Å². The van der Waals surface area contributed by atoms with E-state index in [4.69, 9.17) is 0 Å². The number of carbonyl (C=O) groups excluding carboxylic acids is 1. The second-order valence-electron chi connectivity index (χ2n) is 4.73. The van der Waals surface area contributed by atoms with Crippen molar-refractivity contribution in [3.8, 4) is 0 Å². The van der Waals surface area contributed by atoms with Crippen LogP contribution >= 0.6 is 11.8 Å². The molecule has 1 N–H and O–H groups in total. The van der Waals surface area contributed by atoms with Gasteiger partial charge >= 0.3 is 0 Å². The lowest BCUT2D eigenvalue weighted by molar-refractivity contribution is -0.120. The maximum atomic E-state index is 12.1. The van der Waals surface area contributed by atoms with E-state index in [1.165, 1.54) is 10.5 Å². The number of aromatic nitrogens is 3. The van der Waals surface area contributed by atoms with Crippen molar-refractivity contribution in [2.24, 2.45) is 0 Å². The second kappa shape index (κ2) is 6.09. The lowest BCUT2D eigenvalue weighted by Crippen LogP contribution is -2.33. The number of aryl methyl sites for hydroxylation is 1. The molecule has 0 aliphatic carbocycles. The third-order valence-electron chi connectivity index (χ3n) is 3.27. The van der Waals surface area contributed by atoms with Gasteiger partial charge in [-0.3, -0.25) is 9.48 Å². The molecule has 1 aliphatic rings. The fraction of sp³-hybridized carbons (Fsp3) is 0.357. The Bertz CT molecular complexity index is 560. The summed E-state index contributed by atoms with van der Waals surface area (Å²) >= 11 is 1.66. The monoisotopic (exact) mass is 288 g/mol. The Morgan fingerprint density at radius 3 is 3.15 bits per heavy atom. The molecule has 20 heavy (non-hydrogen) atoms. The zero-order valence-corrected chi connectivity index (χ0v) is 11.8. The summed E-state index contributed by atoms with van der Waals surface area (Å²) in [7, 11) is 0. The van der Waals surface area contributed by atoms with Crippen LogP contribution in [-0.4, -0.2) is 32.7 Å². The Morgan fingerprint density at radius 1 is 1.45 bits per heavy atom. The van der Waals surface area contributed by atoms with Crippen molar-refractivity contribution in [3.63, 3.8) is 0 Å². The molecule has 0 radical (unpaired) electrons. The number of amides is 1. The molecule has 0 fully saturated rings. The van der Waals surface area contributed by atoms with E-state index in [1.54, 1.807) is 22.6 Å². The van der Waals surface area contributed by atoms with Crippen molar-refractivity contribution < 1.29 is 4.79 Å². The summed E-state index contributed by atoms with van der Waals surface area (Å²) in [5, 5.41) is 10.6. The molecule has 0 saturated carbocycles. The van der Waals surface area contributed by atoms with Crippen LogP contribution in [0.1, 0.15) is 12.0 Å². The standard InChI is InChI=1S/C14H16N4OS/c19-14(15-6-3-8-18-9-7-16-17-18)13-10-11-4-1-2-5-12(11)20-13/h1-2,4-5,7,9,13H,3,6,8,10H2,(H,15,19)/t13-/m1/s1. The minimum Gasteiger partial charge on any atom is -0.355 e. The first-order valence-corrected chi connectivity index (χ1v) is 7.57. The highest BCUT2D eigenvalue weighted by Crippen LogP contribution is 2.36. The fourth-order valence-electron chi connectivity index (χ4n) is 2.25. The summed E-state index contributed by atoms with van der Waals surface area (Å²) in [4.78, 5) is 13.3. The van der Waals surface area contributed by atoms with Crippen LogP contribution in [0.2, 0.25) is 0 Å². The zero-order chi connectivity index (χ0) is 13.8. The number of nitrogens with one attached hydrogen (secondary N) is 1. The molecule has 3 rings (SSSR count). The zero-order valence-electron chi connectivity index (χ0n) is 11.0. The van der Waals surface area contributed by atoms with Gasteiger partial charge in [-0.15, -0.1) is 16.9 Å². The summed E-state index contributed by atoms with van der Waals surface area (Å²) in [6.07, 6.45) is 5.17. The van der Waals surface area contributed by atoms with Gasteiger partial charge in [0.25, 0.3) is 0 Å². The molecule has 0 spiro atoms. The first-order valence-electron chi connectivity index (χ1n) is 6.69. The third kappa shape index (κ3) is 3.01. The predicted octanol–water partition coefficient (Wildman–Crippen LogP) is 1.50. The fourth-order valence-corrected chi connectivity index (χ4v) is 3.47. The smallest absolute Gasteiger partial charge is 0.233 e. The van der Waals surface area contributed by atoms with Gasteiger partial charge in [-0.2, -0.15) is 0 Å². The molecule has 1 aromatic heterocycles. The van der Waals surface area contributed by atoms with Gasteiger partial charge < -0.3 is 5.32 Å². The molecule has 2 aromatic rings. The molecule has 5 nitrogen and oxygen atoms in total. The molecule has 1 aliphatic heterocycles. The van der Waals surface area contributed by atoms with E-state index in [2.05, 4.69) is 27.8 Å². The number of rotatable bonds is 5. The van der Waals surface area contributed by atoms with Gasteiger partial charge in [-0.25, -0.2) is 0 Å². The van der Waals surface area contributed by atoms with Crippen LogP contribution in [-0.2, 0) is 17.8 Å². The van der Waals surface area contributed by atoms with Crippen molar-refractivity contribution in [2.45, 2.75) is 29.5 Å². The Balaban J connectivity index is 1.42. The number of nitrogens with zero attached hydrogens (tertiary/aromatic N) is 3. The van der Waals surface area contributed by atoms with Crippen LogP contribution in [0.5, 0.6) is 0 Å².